The van der Waals surface area contributed by atoms with Crippen LogP contribution in [0.1, 0.15) is 74.9 Å². The van der Waals surface area contributed by atoms with Crippen LogP contribution in [0.4, 0.5) is 22.7 Å². The van der Waals surface area contributed by atoms with Gasteiger partial charge in [-0.3, -0.25) is 4.57 Å². The van der Waals surface area contributed by atoms with E-state index in [1.54, 1.807) is 0 Å². The molecule has 0 atom stereocenters. The van der Waals surface area contributed by atoms with Gasteiger partial charge >= 0.3 is 0 Å². The van der Waals surface area contributed by atoms with Crippen LogP contribution < -0.4 is 14.5 Å². The SMILES string of the molecule is CC(C)(C)c1ccnc(-n2c3ccccc3c3cc(C(C)(C)C)c(Oc4cccc(N5CN(c6c(-c7ccccc7)cc(C7(c8ccccc8)c8ccccc8-c8ccccc87)cc6-c6ccccc6)c6ccccc65)c4)cc32)c1. The van der Waals surface area contributed by atoms with E-state index in [9.17, 15) is 0 Å². The zero-order valence-corrected chi connectivity index (χ0v) is 46.2. The first kappa shape index (κ1) is 48.9. The van der Waals surface area contributed by atoms with Gasteiger partial charge in [0.1, 0.15) is 24.0 Å². The summed E-state index contributed by atoms with van der Waals surface area (Å²) in [5.41, 5.74) is 20.3. The smallest absolute Gasteiger partial charge is 0.137 e. The number of nitrogens with zero attached hydrogens (tertiary/aromatic N) is 4. The van der Waals surface area contributed by atoms with E-state index in [4.69, 9.17) is 9.72 Å². The number of ether oxygens (including phenoxy) is 1. The average molecular weight is 1040 g/mol. The van der Waals surface area contributed by atoms with Crippen molar-refractivity contribution in [2.75, 3.05) is 16.5 Å². The standard InChI is InChI=1S/C75H62N4O/c1-73(2,3)53-41-42-76-71(45-53)79-66-38-21-18-35-59(66)62-47-65(74(4,5)6)70(48-69(62)79)80-56-32-24-31-55(46-56)77-49-78(68-40-23-22-39-67(68)77)72-60(50-25-10-7-11-26-50)43-54(44-61(72)51-27-12-8-13-28-51)75(52-29-14-9-15-30-52)63-36-19-16-33-57(63)58-34-17-20-37-64(58)75/h7-48H,49H2,1-6H3. The van der Waals surface area contributed by atoms with Gasteiger partial charge in [0, 0.05) is 51.5 Å². The molecular weight excluding hydrogens is 973 g/mol. The van der Waals surface area contributed by atoms with E-state index in [0.717, 1.165) is 78.9 Å². The summed E-state index contributed by atoms with van der Waals surface area (Å²) in [5.74, 6) is 2.48. The minimum atomic E-state index is -0.600. The lowest BCUT2D eigenvalue weighted by atomic mass is 9.66. The Kier molecular flexibility index (Phi) is 11.5. The maximum absolute atomic E-state index is 7.25. The lowest BCUT2D eigenvalue weighted by molar-refractivity contribution is 0.456. The van der Waals surface area contributed by atoms with E-state index in [-0.39, 0.29) is 10.8 Å². The largest absolute Gasteiger partial charge is 0.457 e. The van der Waals surface area contributed by atoms with Gasteiger partial charge in [-0.25, -0.2) is 4.98 Å². The molecule has 0 unspecified atom stereocenters. The molecule has 10 aromatic carbocycles. The van der Waals surface area contributed by atoms with E-state index >= 15 is 0 Å². The Morgan fingerprint density at radius 3 is 1.65 bits per heavy atom. The molecule has 0 N–H and O–H groups in total. The summed E-state index contributed by atoms with van der Waals surface area (Å²) >= 11 is 0. The molecule has 2 aliphatic rings. The molecule has 0 radical (unpaired) electrons. The van der Waals surface area contributed by atoms with Crippen molar-refractivity contribution in [1.82, 2.24) is 9.55 Å². The second kappa shape index (κ2) is 18.9. The molecule has 0 bridgehead atoms. The van der Waals surface area contributed by atoms with Crippen LogP contribution in [0.3, 0.4) is 0 Å². The van der Waals surface area contributed by atoms with Crippen molar-refractivity contribution in [2.24, 2.45) is 0 Å². The zero-order valence-electron chi connectivity index (χ0n) is 46.2. The van der Waals surface area contributed by atoms with Gasteiger partial charge in [0.2, 0.25) is 0 Å². The molecule has 1 aliphatic heterocycles. The third kappa shape index (κ3) is 7.93. The Labute approximate surface area is 469 Å². The molecule has 0 saturated carbocycles. The molecule has 5 heteroatoms. The van der Waals surface area contributed by atoms with E-state index in [1.807, 2.05) is 6.20 Å². The van der Waals surface area contributed by atoms with Crippen molar-refractivity contribution < 1.29 is 4.74 Å². The highest BCUT2D eigenvalue weighted by Gasteiger charge is 2.47. The minimum Gasteiger partial charge on any atom is -0.457 e. The molecule has 12 aromatic rings. The average Bonchev–Trinajstić information content (AvgIpc) is 4.21. The van der Waals surface area contributed by atoms with Crippen molar-refractivity contribution in [3.05, 3.63) is 288 Å². The van der Waals surface area contributed by atoms with E-state index in [1.165, 1.54) is 49.7 Å². The first-order valence-electron chi connectivity index (χ1n) is 28.0. The number of para-hydroxylation sites is 3. The van der Waals surface area contributed by atoms with E-state index in [0.29, 0.717) is 6.67 Å². The van der Waals surface area contributed by atoms with Crippen molar-refractivity contribution in [3.8, 4) is 50.7 Å². The molecule has 1 aliphatic carbocycles. The van der Waals surface area contributed by atoms with Crippen molar-refractivity contribution in [1.29, 1.82) is 0 Å². The van der Waals surface area contributed by atoms with Crippen LogP contribution in [0.5, 0.6) is 11.5 Å². The van der Waals surface area contributed by atoms with Gasteiger partial charge < -0.3 is 14.5 Å². The summed E-state index contributed by atoms with van der Waals surface area (Å²) in [6.45, 7) is 14.1. The molecule has 0 saturated heterocycles. The number of hydrogen-bond acceptors (Lipinski definition) is 4. The van der Waals surface area contributed by atoms with Crippen LogP contribution >= 0.6 is 0 Å². The highest BCUT2D eigenvalue weighted by Crippen LogP contribution is 2.59. The first-order chi connectivity index (χ1) is 38.9. The highest BCUT2D eigenvalue weighted by molar-refractivity contribution is 6.10. The molecule has 388 valence electrons. The first-order valence-corrected chi connectivity index (χ1v) is 28.0. The highest BCUT2D eigenvalue weighted by atomic mass is 16.5. The number of anilines is 4. The number of pyridine rings is 1. The van der Waals surface area contributed by atoms with Crippen molar-refractivity contribution in [2.45, 2.75) is 57.8 Å². The quantitative estimate of drug-likeness (QED) is 0.144. The molecule has 0 fully saturated rings. The number of aromatic nitrogens is 2. The third-order valence-corrected chi connectivity index (χ3v) is 16.7. The molecule has 3 heterocycles. The second-order valence-corrected chi connectivity index (χ2v) is 23.6. The number of rotatable bonds is 9. The molecule has 14 rings (SSSR count). The van der Waals surface area contributed by atoms with Crippen molar-refractivity contribution >= 4 is 44.6 Å². The topological polar surface area (TPSA) is 33.5 Å². The number of fused-ring (bicyclic) bond motifs is 7. The second-order valence-electron chi connectivity index (χ2n) is 23.6. The fraction of sp³-hybridized carbons (Fsp3) is 0.133. The number of hydrogen-bond donors (Lipinski definition) is 0. The van der Waals surface area contributed by atoms with Crippen LogP contribution in [-0.2, 0) is 16.2 Å². The minimum absolute atomic E-state index is 0.0386. The maximum Gasteiger partial charge on any atom is 0.137 e. The van der Waals surface area contributed by atoms with Gasteiger partial charge in [0.15, 0.2) is 0 Å². The monoisotopic (exact) mass is 1030 g/mol. The van der Waals surface area contributed by atoms with Gasteiger partial charge in [-0.2, -0.15) is 0 Å². The lowest BCUT2D eigenvalue weighted by Crippen LogP contribution is -2.29. The van der Waals surface area contributed by atoms with Gasteiger partial charge in [-0.1, -0.05) is 217 Å². The Hall–Kier alpha value is -9.45. The van der Waals surface area contributed by atoms with Gasteiger partial charge in [0.25, 0.3) is 0 Å². The van der Waals surface area contributed by atoms with Gasteiger partial charge in [-0.05, 0) is 122 Å². The predicted molar refractivity (Wildman–Crippen MR) is 333 cm³/mol. The lowest BCUT2D eigenvalue weighted by Gasteiger charge is -2.36. The van der Waals surface area contributed by atoms with Gasteiger partial charge in [-0.15, -0.1) is 0 Å². The van der Waals surface area contributed by atoms with Crippen LogP contribution in [0.25, 0.3) is 61.0 Å². The summed E-state index contributed by atoms with van der Waals surface area (Å²) in [7, 11) is 0. The summed E-state index contributed by atoms with van der Waals surface area (Å²) in [4.78, 5) is 9.97. The number of benzene rings is 10. The summed E-state index contributed by atoms with van der Waals surface area (Å²) in [5, 5.41) is 2.36. The Morgan fingerprint density at radius 2 is 1.01 bits per heavy atom. The van der Waals surface area contributed by atoms with Crippen LogP contribution in [0.2, 0.25) is 0 Å². The van der Waals surface area contributed by atoms with E-state index in [2.05, 4.69) is 305 Å². The molecule has 0 amide bonds. The fourth-order valence-corrected chi connectivity index (χ4v) is 12.9. The zero-order chi connectivity index (χ0) is 54.3. The molecule has 5 nitrogen and oxygen atoms in total. The molecular formula is C75H62N4O. The summed E-state index contributed by atoms with van der Waals surface area (Å²) in [6, 6.07) is 91.3. The molecule has 80 heavy (non-hydrogen) atoms. The van der Waals surface area contributed by atoms with Crippen molar-refractivity contribution in [3.63, 3.8) is 0 Å². The third-order valence-electron chi connectivity index (χ3n) is 16.7. The summed E-state index contributed by atoms with van der Waals surface area (Å²) < 4.78 is 9.55. The molecule has 0 spiro atoms. The Morgan fingerprint density at radius 1 is 0.438 bits per heavy atom. The van der Waals surface area contributed by atoms with E-state index < -0.39 is 5.41 Å². The normalized spacial score (nSPS) is 13.6. The Balaban J connectivity index is 0.927. The van der Waals surface area contributed by atoms with Crippen LogP contribution in [-0.4, -0.2) is 16.2 Å². The maximum atomic E-state index is 7.25. The fourth-order valence-electron chi connectivity index (χ4n) is 12.9. The Bertz CT molecular complexity index is 4230. The summed E-state index contributed by atoms with van der Waals surface area (Å²) in [6.07, 6.45) is 1.94. The molecule has 2 aromatic heterocycles. The van der Waals surface area contributed by atoms with Crippen LogP contribution in [0, 0.1) is 0 Å². The van der Waals surface area contributed by atoms with Gasteiger partial charge in [0.05, 0.1) is 33.5 Å². The van der Waals surface area contributed by atoms with Crippen LogP contribution in [0.15, 0.2) is 255 Å². The predicted octanol–water partition coefficient (Wildman–Crippen LogP) is 19.5.